The molecule has 0 spiro atoms. The van der Waals surface area contributed by atoms with Crippen LogP contribution in [0.3, 0.4) is 0 Å². The first-order valence-corrected chi connectivity index (χ1v) is 9.28. The van der Waals surface area contributed by atoms with E-state index in [0.717, 1.165) is 11.5 Å². The number of para-hydroxylation sites is 2. The Labute approximate surface area is 161 Å². The number of anilines is 1. The number of amides is 1. The van der Waals surface area contributed by atoms with Gasteiger partial charge in [-0.2, -0.15) is 14.6 Å². The number of nitrogens with zero attached hydrogens (tertiary/aromatic N) is 6. The summed E-state index contributed by atoms with van der Waals surface area (Å²) < 4.78 is 13.3. The fraction of sp³-hybridized carbons (Fsp3) is 0.368. The molecular weight excluding hydrogens is 360 g/mol. The molecule has 2 aliphatic rings. The topological polar surface area (TPSA) is 85.1 Å². The standard InChI is InChI=1S/C19H20N6O3/c1-13-10-17(25-19(22-13)20-12-21-25)23-6-8-24(9-7-23)18(26)16-11-27-14-4-2-3-5-15(14)28-16/h2-5,10,12,16H,6-9,11H2,1H3/t16-/m0/s1. The van der Waals surface area contributed by atoms with Gasteiger partial charge in [0.15, 0.2) is 11.5 Å². The lowest BCUT2D eigenvalue weighted by Crippen LogP contribution is -2.54. The lowest BCUT2D eigenvalue weighted by molar-refractivity contribution is -0.141. The number of piperazine rings is 1. The average molecular weight is 380 g/mol. The number of hydrogen-bond donors (Lipinski definition) is 0. The molecular formula is C19H20N6O3. The highest BCUT2D eigenvalue weighted by atomic mass is 16.6. The summed E-state index contributed by atoms with van der Waals surface area (Å²) in [5.41, 5.74) is 0.889. The Kier molecular flexibility index (Phi) is 4.00. The molecule has 1 amide bonds. The number of carbonyl (C=O) groups is 1. The summed E-state index contributed by atoms with van der Waals surface area (Å²) in [5, 5.41) is 4.27. The summed E-state index contributed by atoms with van der Waals surface area (Å²) in [6.45, 7) is 4.80. The predicted octanol–water partition coefficient (Wildman–Crippen LogP) is 0.921. The van der Waals surface area contributed by atoms with E-state index in [0.29, 0.717) is 43.5 Å². The zero-order valence-corrected chi connectivity index (χ0v) is 15.5. The first-order chi connectivity index (χ1) is 13.7. The monoisotopic (exact) mass is 380 g/mol. The van der Waals surface area contributed by atoms with Gasteiger partial charge in [-0.25, -0.2) is 4.98 Å². The molecule has 0 aliphatic carbocycles. The maximum absolute atomic E-state index is 12.9. The second-order valence-corrected chi connectivity index (χ2v) is 6.90. The summed E-state index contributed by atoms with van der Waals surface area (Å²) >= 11 is 0. The Balaban J connectivity index is 1.27. The molecule has 0 radical (unpaired) electrons. The number of aromatic nitrogens is 4. The molecule has 1 aromatic carbocycles. The largest absolute Gasteiger partial charge is 0.485 e. The second-order valence-electron chi connectivity index (χ2n) is 6.90. The third-order valence-corrected chi connectivity index (χ3v) is 5.06. The Morgan fingerprint density at radius 3 is 2.75 bits per heavy atom. The van der Waals surface area contributed by atoms with E-state index in [4.69, 9.17) is 9.47 Å². The summed E-state index contributed by atoms with van der Waals surface area (Å²) in [6.07, 6.45) is 0.898. The zero-order valence-electron chi connectivity index (χ0n) is 15.5. The van der Waals surface area contributed by atoms with Crippen molar-refractivity contribution in [3.63, 3.8) is 0 Å². The molecule has 0 bridgehead atoms. The van der Waals surface area contributed by atoms with Crippen molar-refractivity contribution in [1.29, 1.82) is 0 Å². The SMILES string of the molecule is Cc1cc(N2CCN(C(=O)[C@@H]3COc4ccccc4O3)CC2)n2ncnc2n1. The van der Waals surface area contributed by atoms with Gasteiger partial charge < -0.3 is 19.3 Å². The van der Waals surface area contributed by atoms with Crippen molar-refractivity contribution >= 4 is 17.5 Å². The van der Waals surface area contributed by atoms with Crippen LogP contribution in [0.2, 0.25) is 0 Å². The quantitative estimate of drug-likeness (QED) is 0.654. The third-order valence-electron chi connectivity index (χ3n) is 5.06. The molecule has 4 heterocycles. The van der Waals surface area contributed by atoms with Crippen LogP contribution in [0.4, 0.5) is 5.82 Å². The highest BCUT2D eigenvalue weighted by Gasteiger charge is 2.33. The van der Waals surface area contributed by atoms with Crippen LogP contribution in [0, 0.1) is 6.92 Å². The Morgan fingerprint density at radius 1 is 1.14 bits per heavy atom. The highest BCUT2D eigenvalue weighted by molar-refractivity contribution is 5.82. The minimum Gasteiger partial charge on any atom is -0.485 e. The normalized spacial score (nSPS) is 19.1. The molecule has 0 unspecified atom stereocenters. The molecule has 144 valence electrons. The van der Waals surface area contributed by atoms with Gasteiger partial charge >= 0.3 is 0 Å². The molecule has 2 aromatic heterocycles. The van der Waals surface area contributed by atoms with Crippen LogP contribution in [0.15, 0.2) is 36.7 Å². The van der Waals surface area contributed by atoms with Crippen LogP contribution in [-0.4, -0.2) is 69.3 Å². The first-order valence-electron chi connectivity index (χ1n) is 9.28. The summed E-state index contributed by atoms with van der Waals surface area (Å²) in [6, 6.07) is 9.41. The van der Waals surface area contributed by atoms with E-state index < -0.39 is 6.10 Å². The summed E-state index contributed by atoms with van der Waals surface area (Å²) in [4.78, 5) is 25.5. The number of benzene rings is 1. The van der Waals surface area contributed by atoms with Crippen LogP contribution in [0.25, 0.3) is 5.78 Å². The Bertz CT molecular complexity index is 1030. The third kappa shape index (κ3) is 2.88. The van der Waals surface area contributed by atoms with Gasteiger partial charge in [0.05, 0.1) is 0 Å². The Hall–Kier alpha value is -3.36. The molecule has 9 nitrogen and oxygen atoms in total. The molecule has 0 N–H and O–H groups in total. The highest BCUT2D eigenvalue weighted by Crippen LogP contribution is 2.31. The van der Waals surface area contributed by atoms with Crippen molar-refractivity contribution < 1.29 is 14.3 Å². The van der Waals surface area contributed by atoms with Gasteiger partial charge in [0.1, 0.15) is 18.8 Å². The smallest absolute Gasteiger partial charge is 0.267 e. The maximum atomic E-state index is 12.9. The molecule has 1 atom stereocenters. The first kappa shape index (κ1) is 16.8. The van der Waals surface area contributed by atoms with Gasteiger partial charge in [0.2, 0.25) is 6.10 Å². The van der Waals surface area contributed by atoms with Crippen molar-refractivity contribution in [2.45, 2.75) is 13.0 Å². The van der Waals surface area contributed by atoms with Crippen LogP contribution in [0.5, 0.6) is 11.5 Å². The zero-order chi connectivity index (χ0) is 19.1. The predicted molar refractivity (Wildman–Crippen MR) is 101 cm³/mol. The Morgan fingerprint density at radius 2 is 1.93 bits per heavy atom. The lowest BCUT2D eigenvalue weighted by Gasteiger charge is -2.38. The molecule has 1 saturated heterocycles. The van der Waals surface area contributed by atoms with Crippen LogP contribution in [-0.2, 0) is 4.79 Å². The number of hydrogen-bond acceptors (Lipinski definition) is 7. The summed E-state index contributed by atoms with van der Waals surface area (Å²) in [5.74, 6) is 2.79. The molecule has 1 fully saturated rings. The fourth-order valence-electron chi connectivity index (χ4n) is 3.64. The number of carbonyl (C=O) groups excluding carboxylic acids is 1. The van der Waals surface area contributed by atoms with Gasteiger partial charge in [0, 0.05) is 37.9 Å². The van der Waals surface area contributed by atoms with Crippen LogP contribution >= 0.6 is 0 Å². The van der Waals surface area contributed by atoms with E-state index in [1.807, 2.05) is 42.2 Å². The van der Waals surface area contributed by atoms with Crippen molar-refractivity contribution in [3.8, 4) is 11.5 Å². The van der Waals surface area contributed by atoms with Crippen molar-refractivity contribution in [3.05, 3.63) is 42.4 Å². The number of ether oxygens (including phenoxy) is 2. The van der Waals surface area contributed by atoms with E-state index >= 15 is 0 Å². The van der Waals surface area contributed by atoms with Gasteiger partial charge in [-0.1, -0.05) is 12.1 Å². The number of aryl methyl sites for hydroxylation is 1. The molecule has 5 rings (SSSR count). The second kappa shape index (κ2) is 6.66. The number of fused-ring (bicyclic) bond motifs is 2. The molecule has 2 aliphatic heterocycles. The summed E-state index contributed by atoms with van der Waals surface area (Å²) in [7, 11) is 0. The maximum Gasteiger partial charge on any atom is 0.267 e. The fourth-order valence-corrected chi connectivity index (χ4v) is 3.64. The van der Waals surface area contributed by atoms with Gasteiger partial charge in [-0.15, -0.1) is 0 Å². The van der Waals surface area contributed by atoms with Crippen molar-refractivity contribution in [2.75, 3.05) is 37.7 Å². The van der Waals surface area contributed by atoms with Crippen molar-refractivity contribution in [1.82, 2.24) is 24.5 Å². The molecule has 3 aromatic rings. The van der Waals surface area contributed by atoms with E-state index in [1.165, 1.54) is 6.33 Å². The lowest BCUT2D eigenvalue weighted by atomic mass is 10.2. The van der Waals surface area contributed by atoms with E-state index in [9.17, 15) is 4.79 Å². The van der Waals surface area contributed by atoms with Crippen molar-refractivity contribution in [2.24, 2.45) is 0 Å². The minimum atomic E-state index is -0.605. The molecule has 9 heteroatoms. The van der Waals surface area contributed by atoms with E-state index in [1.54, 1.807) is 4.52 Å². The average Bonchev–Trinajstić information content (AvgIpc) is 3.21. The van der Waals surface area contributed by atoms with Crippen LogP contribution < -0.4 is 14.4 Å². The minimum absolute atomic E-state index is 0.0361. The van der Waals surface area contributed by atoms with Gasteiger partial charge in [0.25, 0.3) is 11.7 Å². The molecule has 0 saturated carbocycles. The molecule has 28 heavy (non-hydrogen) atoms. The van der Waals surface area contributed by atoms with Crippen LogP contribution in [0.1, 0.15) is 5.69 Å². The number of rotatable bonds is 2. The van der Waals surface area contributed by atoms with E-state index in [2.05, 4.69) is 20.0 Å². The van der Waals surface area contributed by atoms with E-state index in [-0.39, 0.29) is 12.5 Å². The van der Waals surface area contributed by atoms with Gasteiger partial charge in [-0.05, 0) is 19.1 Å². The van der Waals surface area contributed by atoms with Gasteiger partial charge in [-0.3, -0.25) is 4.79 Å².